The minimum absolute atomic E-state index is 1.11. The highest BCUT2D eigenvalue weighted by Crippen LogP contribution is 2.53. The van der Waals surface area contributed by atoms with Gasteiger partial charge in [-0.2, -0.15) is 0 Å². The van der Waals surface area contributed by atoms with Gasteiger partial charge in [-0.15, -0.1) is 0 Å². The highest BCUT2D eigenvalue weighted by atomic mass is 15.0. The van der Waals surface area contributed by atoms with Crippen molar-refractivity contribution in [3.8, 4) is 78.4 Å². The Labute approximate surface area is 486 Å². The molecule has 0 saturated carbocycles. The highest BCUT2D eigenvalue weighted by molar-refractivity contribution is 6.28. The SMILES string of the molecule is c1ccc(-c2c3cc4c(-c5ccccc5)c(-c5ccccc5)n(-c5ccc6cc7ccccc7cc6c5)c4cc3c(-c3ccccc3)c3cc4c(-c5ccccc5)c(-c5ccccc5)n(-c5ccc6cc7ccccc7cc6c5)c4cc23)cc1. The summed E-state index contributed by atoms with van der Waals surface area (Å²) in [6, 6.07) is 117. The van der Waals surface area contributed by atoms with Gasteiger partial charge in [-0.3, -0.25) is 0 Å². The maximum Gasteiger partial charge on any atom is 0.0619 e. The molecule has 0 aliphatic rings. The van der Waals surface area contributed by atoms with Gasteiger partial charge >= 0.3 is 0 Å². The van der Waals surface area contributed by atoms with E-state index in [9.17, 15) is 0 Å². The molecule has 390 valence electrons. The summed E-state index contributed by atoms with van der Waals surface area (Å²) < 4.78 is 5.11. The van der Waals surface area contributed by atoms with Crippen LogP contribution in [0.25, 0.3) is 165 Å². The van der Waals surface area contributed by atoms with E-state index < -0.39 is 0 Å². The quantitative estimate of drug-likeness (QED) is 0.134. The molecule has 17 rings (SSSR count). The van der Waals surface area contributed by atoms with E-state index in [0.29, 0.717) is 0 Å². The number of aromatic nitrogens is 2. The fourth-order valence-corrected chi connectivity index (χ4v) is 13.8. The first-order chi connectivity index (χ1) is 41.7. The van der Waals surface area contributed by atoms with Gasteiger partial charge in [0.2, 0.25) is 0 Å². The molecule has 0 fully saturated rings. The summed E-state index contributed by atoms with van der Waals surface area (Å²) in [6.45, 7) is 0. The van der Waals surface area contributed by atoms with E-state index in [-0.39, 0.29) is 0 Å². The fraction of sp³-hybridized carbons (Fsp3) is 0. The molecule has 2 nitrogen and oxygen atoms in total. The van der Waals surface area contributed by atoms with Crippen molar-refractivity contribution in [2.75, 3.05) is 0 Å². The van der Waals surface area contributed by atoms with E-state index in [1.54, 1.807) is 0 Å². The van der Waals surface area contributed by atoms with Crippen LogP contribution in [0, 0.1) is 0 Å². The van der Waals surface area contributed by atoms with E-state index in [0.717, 1.165) is 44.9 Å². The average molecular weight is 1070 g/mol. The van der Waals surface area contributed by atoms with E-state index >= 15 is 0 Å². The molecule has 0 spiro atoms. The molecule has 0 N–H and O–H groups in total. The van der Waals surface area contributed by atoms with Crippen LogP contribution in [-0.2, 0) is 0 Å². The first-order valence-electron chi connectivity index (χ1n) is 29.1. The van der Waals surface area contributed by atoms with Gasteiger partial charge in [-0.1, -0.05) is 243 Å². The van der Waals surface area contributed by atoms with Crippen molar-refractivity contribution in [1.82, 2.24) is 9.13 Å². The van der Waals surface area contributed by atoms with Gasteiger partial charge in [-0.25, -0.2) is 0 Å². The lowest BCUT2D eigenvalue weighted by atomic mass is 9.84. The lowest BCUT2D eigenvalue weighted by molar-refractivity contribution is 1.14. The molecular weight excluding hydrogens is 1010 g/mol. The second-order valence-electron chi connectivity index (χ2n) is 22.4. The molecule has 0 amide bonds. The van der Waals surface area contributed by atoms with Crippen LogP contribution >= 0.6 is 0 Å². The number of hydrogen-bond donors (Lipinski definition) is 0. The third-order valence-electron chi connectivity index (χ3n) is 17.5. The first-order valence-corrected chi connectivity index (χ1v) is 29.1. The molecule has 0 aliphatic carbocycles. The number of fused-ring (bicyclic) bond motifs is 8. The van der Waals surface area contributed by atoms with Crippen molar-refractivity contribution in [2.24, 2.45) is 0 Å². The molecule has 0 aliphatic heterocycles. The maximum atomic E-state index is 2.55. The van der Waals surface area contributed by atoms with Crippen LogP contribution < -0.4 is 0 Å². The van der Waals surface area contributed by atoms with Crippen LogP contribution in [0.3, 0.4) is 0 Å². The fourth-order valence-electron chi connectivity index (χ4n) is 13.8. The number of rotatable bonds is 8. The van der Waals surface area contributed by atoms with Gasteiger partial charge in [-0.05, 0) is 182 Å². The summed E-state index contributed by atoms with van der Waals surface area (Å²) in [7, 11) is 0. The van der Waals surface area contributed by atoms with Gasteiger partial charge in [0.1, 0.15) is 0 Å². The van der Waals surface area contributed by atoms with E-state index in [2.05, 4.69) is 325 Å². The Hall–Kier alpha value is -11.1. The molecule has 0 bridgehead atoms. The number of hydrogen-bond acceptors (Lipinski definition) is 0. The molecule has 17 aromatic rings. The Morgan fingerprint density at radius 2 is 0.429 bits per heavy atom. The normalized spacial score (nSPS) is 11.8. The topological polar surface area (TPSA) is 9.86 Å². The van der Waals surface area contributed by atoms with Crippen LogP contribution in [0.4, 0.5) is 0 Å². The summed E-state index contributed by atoms with van der Waals surface area (Å²) in [5, 5.41) is 16.9. The summed E-state index contributed by atoms with van der Waals surface area (Å²) >= 11 is 0. The summed E-state index contributed by atoms with van der Waals surface area (Å²) in [5.74, 6) is 0. The highest BCUT2D eigenvalue weighted by Gasteiger charge is 2.28. The summed E-state index contributed by atoms with van der Waals surface area (Å²) in [5.41, 5.74) is 18.6. The molecule has 2 heteroatoms. The minimum Gasteiger partial charge on any atom is -0.309 e. The Kier molecular flexibility index (Phi) is 11.0. The van der Waals surface area contributed by atoms with Gasteiger partial charge in [0, 0.05) is 33.3 Å². The predicted octanol–water partition coefficient (Wildman–Crippen LogP) is 22.5. The lowest BCUT2D eigenvalue weighted by Gasteiger charge is -2.20. The Morgan fingerprint density at radius 1 is 0.167 bits per heavy atom. The van der Waals surface area contributed by atoms with E-state index in [1.165, 1.54) is 120 Å². The third kappa shape index (κ3) is 7.65. The van der Waals surface area contributed by atoms with Crippen LogP contribution in [0.15, 0.2) is 315 Å². The van der Waals surface area contributed by atoms with Crippen LogP contribution in [0.2, 0.25) is 0 Å². The molecule has 2 heterocycles. The Morgan fingerprint density at radius 3 is 0.762 bits per heavy atom. The van der Waals surface area contributed by atoms with Gasteiger partial charge in [0.15, 0.2) is 0 Å². The molecule has 0 atom stereocenters. The third-order valence-corrected chi connectivity index (χ3v) is 17.5. The zero-order chi connectivity index (χ0) is 55.2. The van der Waals surface area contributed by atoms with E-state index in [4.69, 9.17) is 0 Å². The second kappa shape index (κ2) is 19.3. The summed E-state index contributed by atoms with van der Waals surface area (Å²) in [4.78, 5) is 0. The summed E-state index contributed by atoms with van der Waals surface area (Å²) in [6.07, 6.45) is 0. The first kappa shape index (κ1) is 47.7. The molecular formula is C82H52N2. The largest absolute Gasteiger partial charge is 0.309 e. The van der Waals surface area contributed by atoms with Crippen molar-refractivity contribution in [3.05, 3.63) is 315 Å². The van der Waals surface area contributed by atoms with Crippen molar-refractivity contribution >= 4 is 86.4 Å². The monoisotopic (exact) mass is 1060 g/mol. The maximum absolute atomic E-state index is 2.55. The Bertz CT molecular complexity index is 5090. The van der Waals surface area contributed by atoms with Crippen molar-refractivity contribution < 1.29 is 0 Å². The van der Waals surface area contributed by atoms with E-state index in [1.807, 2.05) is 0 Å². The Balaban J connectivity index is 1.07. The van der Waals surface area contributed by atoms with Gasteiger partial charge < -0.3 is 9.13 Å². The smallest absolute Gasteiger partial charge is 0.0619 e. The zero-order valence-electron chi connectivity index (χ0n) is 45.9. The van der Waals surface area contributed by atoms with Gasteiger partial charge in [0.25, 0.3) is 0 Å². The molecule has 0 unspecified atom stereocenters. The van der Waals surface area contributed by atoms with Gasteiger partial charge in [0.05, 0.1) is 22.4 Å². The number of nitrogens with zero attached hydrogens (tertiary/aromatic N) is 2. The van der Waals surface area contributed by atoms with Crippen molar-refractivity contribution in [1.29, 1.82) is 0 Å². The molecule has 15 aromatic carbocycles. The molecule has 0 radical (unpaired) electrons. The van der Waals surface area contributed by atoms with Crippen LogP contribution in [0.5, 0.6) is 0 Å². The standard InChI is InChI=1S/C82H52N2/c1-7-23-53(24-8-1)77-69-49-73-76(84(68-42-40-64-44-60-36-20-22-38-62(60)46-66(64)48-68)81(57-31-15-5-16-32-57)79(73)55-27-11-3-12-28-55)52-72(69)78(54-25-9-2-10-26-54)70-50-74-75(51-71(70)77)83(67-41-39-63-43-59-35-19-21-37-61(59)45-65(63)47-67)82(58-33-17-6-18-34-58)80(74)56-29-13-4-14-30-56/h1-52H. The molecule has 2 aromatic heterocycles. The predicted molar refractivity (Wildman–Crippen MR) is 358 cm³/mol. The van der Waals surface area contributed by atoms with Crippen LogP contribution in [0.1, 0.15) is 0 Å². The zero-order valence-corrected chi connectivity index (χ0v) is 45.9. The molecule has 84 heavy (non-hydrogen) atoms. The van der Waals surface area contributed by atoms with Crippen LogP contribution in [-0.4, -0.2) is 9.13 Å². The average Bonchev–Trinajstić information content (AvgIpc) is 3.13. The minimum atomic E-state index is 1.11. The van der Waals surface area contributed by atoms with Crippen molar-refractivity contribution in [3.63, 3.8) is 0 Å². The molecule has 0 saturated heterocycles. The number of benzene rings is 15. The second-order valence-corrected chi connectivity index (χ2v) is 22.4. The lowest BCUT2D eigenvalue weighted by Crippen LogP contribution is -1.99. The van der Waals surface area contributed by atoms with Crippen molar-refractivity contribution in [2.45, 2.75) is 0 Å².